The van der Waals surface area contributed by atoms with Crippen LogP contribution in [-0.4, -0.2) is 52.3 Å². The highest BCUT2D eigenvalue weighted by atomic mass is 32.1. The van der Waals surface area contributed by atoms with Crippen molar-refractivity contribution in [1.29, 1.82) is 0 Å². The van der Waals surface area contributed by atoms with Gasteiger partial charge in [-0.3, -0.25) is 9.59 Å². The third kappa shape index (κ3) is 3.28. The first-order valence-corrected chi connectivity index (χ1v) is 10.0. The normalized spacial score (nSPS) is 23.2. The number of aromatic nitrogens is 1. The summed E-state index contributed by atoms with van der Waals surface area (Å²) in [6, 6.07) is 4.42. The van der Waals surface area contributed by atoms with Gasteiger partial charge in [-0.1, -0.05) is 6.07 Å². The van der Waals surface area contributed by atoms with Crippen molar-refractivity contribution in [1.82, 2.24) is 14.8 Å². The van der Waals surface area contributed by atoms with Gasteiger partial charge in [0.15, 0.2) is 12.1 Å². The van der Waals surface area contributed by atoms with E-state index in [-0.39, 0.29) is 17.9 Å². The third-order valence-corrected chi connectivity index (χ3v) is 6.49. The first kappa shape index (κ1) is 17.3. The van der Waals surface area contributed by atoms with Crippen LogP contribution in [0.2, 0.25) is 0 Å². The molecule has 138 valence electrons. The summed E-state index contributed by atoms with van der Waals surface area (Å²) < 4.78 is 5.17. The smallest absolute Gasteiger partial charge is 0.276 e. The number of fused-ring (bicyclic) bond motifs is 1. The van der Waals surface area contributed by atoms with Crippen LogP contribution < -0.4 is 0 Å². The number of carbonyl (C=O) groups excluding carboxylic acids is 2. The number of carbonyl (C=O) groups is 2. The summed E-state index contributed by atoms with van der Waals surface area (Å²) in [5.41, 5.74) is 0.407. The average molecular weight is 373 g/mol. The third-order valence-electron chi connectivity index (χ3n) is 5.56. The highest BCUT2D eigenvalue weighted by Gasteiger charge is 2.40. The Bertz CT molecular complexity index is 786. The lowest BCUT2D eigenvalue weighted by molar-refractivity contribution is -0.140. The minimum atomic E-state index is -0.0586. The fourth-order valence-electron chi connectivity index (χ4n) is 4.17. The van der Waals surface area contributed by atoms with Gasteiger partial charge in [0, 0.05) is 37.0 Å². The molecule has 0 aromatic carbocycles. The van der Waals surface area contributed by atoms with Crippen molar-refractivity contribution < 1.29 is 14.0 Å². The van der Waals surface area contributed by atoms with Crippen molar-refractivity contribution in [3.05, 3.63) is 40.2 Å². The minimum Gasteiger partial charge on any atom is -0.448 e. The van der Waals surface area contributed by atoms with E-state index < -0.39 is 0 Å². The van der Waals surface area contributed by atoms with Crippen LogP contribution in [-0.2, 0) is 11.2 Å². The number of amides is 2. The van der Waals surface area contributed by atoms with Crippen molar-refractivity contribution >= 4 is 23.2 Å². The molecule has 2 saturated heterocycles. The van der Waals surface area contributed by atoms with Crippen LogP contribution in [0.15, 0.2) is 28.3 Å². The van der Waals surface area contributed by atoms with E-state index in [4.69, 9.17) is 4.42 Å². The summed E-state index contributed by atoms with van der Waals surface area (Å²) in [7, 11) is 0. The molecular formula is C19H23N3O3S. The van der Waals surface area contributed by atoms with E-state index in [2.05, 4.69) is 27.4 Å². The van der Waals surface area contributed by atoms with Crippen molar-refractivity contribution in [2.24, 2.45) is 5.92 Å². The van der Waals surface area contributed by atoms with Gasteiger partial charge in [0.1, 0.15) is 5.76 Å². The zero-order chi connectivity index (χ0) is 18.1. The zero-order valence-electron chi connectivity index (χ0n) is 14.9. The Labute approximate surface area is 156 Å². The Kier molecular flexibility index (Phi) is 4.80. The first-order valence-electron chi connectivity index (χ1n) is 9.14. The molecule has 26 heavy (non-hydrogen) atoms. The van der Waals surface area contributed by atoms with E-state index in [1.165, 1.54) is 11.3 Å². The minimum absolute atomic E-state index is 0.0586. The van der Waals surface area contributed by atoms with Crippen LogP contribution in [0.4, 0.5) is 0 Å². The molecule has 2 aromatic heterocycles. The monoisotopic (exact) mass is 373 g/mol. The summed E-state index contributed by atoms with van der Waals surface area (Å²) in [4.78, 5) is 34.5. The Hall–Kier alpha value is -2.15. The Balaban J connectivity index is 1.42. The number of likely N-dealkylation sites (tertiary alicyclic amines) is 2. The van der Waals surface area contributed by atoms with Crippen LogP contribution >= 0.6 is 11.3 Å². The predicted octanol–water partition coefficient (Wildman–Crippen LogP) is 2.74. The van der Waals surface area contributed by atoms with Crippen LogP contribution in [0.5, 0.6) is 0 Å². The number of rotatable bonds is 4. The maximum atomic E-state index is 12.7. The number of aryl methyl sites for hydroxylation is 1. The van der Waals surface area contributed by atoms with Crippen LogP contribution in [0.1, 0.15) is 40.4 Å². The fourth-order valence-corrected chi connectivity index (χ4v) is 4.87. The van der Waals surface area contributed by atoms with Gasteiger partial charge in [-0.15, -0.1) is 11.3 Å². The molecule has 2 aliphatic heterocycles. The molecule has 2 fully saturated rings. The van der Waals surface area contributed by atoms with Crippen LogP contribution in [0, 0.1) is 12.8 Å². The van der Waals surface area contributed by atoms with E-state index in [1.54, 1.807) is 18.3 Å². The van der Waals surface area contributed by atoms with Crippen molar-refractivity contribution in [3.63, 3.8) is 0 Å². The number of nitrogens with zero attached hydrogens (tertiary/aromatic N) is 3. The summed E-state index contributed by atoms with van der Waals surface area (Å²) >= 11 is 1.74. The molecule has 4 rings (SSSR count). The van der Waals surface area contributed by atoms with Gasteiger partial charge < -0.3 is 14.2 Å². The Morgan fingerprint density at radius 3 is 3.04 bits per heavy atom. The number of piperidine rings is 2. The Morgan fingerprint density at radius 2 is 2.31 bits per heavy atom. The van der Waals surface area contributed by atoms with Gasteiger partial charge in [0.25, 0.3) is 5.91 Å². The Morgan fingerprint density at radius 1 is 1.42 bits per heavy atom. The largest absolute Gasteiger partial charge is 0.448 e. The molecule has 0 aliphatic carbocycles. The summed E-state index contributed by atoms with van der Waals surface area (Å²) in [5, 5.41) is 2.08. The number of thiophene rings is 1. The highest BCUT2D eigenvalue weighted by Crippen LogP contribution is 2.32. The molecule has 2 atom stereocenters. The second-order valence-electron chi connectivity index (χ2n) is 7.08. The van der Waals surface area contributed by atoms with E-state index in [9.17, 15) is 9.59 Å². The lowest BCUT2D eigenvalue weighted by Crippen LogP contribution is -2.57. The zero-order valence-corrected chi connectivity index (χ0v) is 15.7. The molecule has 0 radical (unpaired) electrons. The molecule has 6 nitrogen and oxygen atoms in total. The van der Waals surface area contributed by atoms with Crippen molar-refractivity contribution in [3.8, 4) is 0 Å². The van der Waals surface area contributed by atoms with E-state index >= 15 is 0 Å². The summed E-state index contributed by atoms with van der Waals surface area (Å²) in [5.74, 6) is 1.11. The maximum absolute atomic E-state index is 12.7. The van der Waals surface area contributed by atoms with Gasteiger partial charge in [-0.25, -0.2) is 4.98 Å². The topological polar surface area (TPSA) is 66.7 Å². The molecule has 0 saturated carbocycles. The predicted molar refractivity (Wildman–Crippen MR) is 98.0 cm³/mol. The van der Waals surface area contributed by atoms with E-state index in [0.29, 0.717) is 36.9 Å². The molecule has 0 bridgehead atoms. The van der Waals surface area contributed by atoms with Crippen LogP contribution in [0.3, 0.4) is 0 Å². The molecule has 2 aromatic rings. The van der Waals surface area contributed by atoms with Gasteiger partial charge in [-0.2, -0.15) is 0 Å². The van der Waals surface area contributed by atoms with E-state index in [1.807, 2.05) is 4.90 Å². The second-order valence-corrected chi connectivity index (χ2v) is 8.11. The SMILES string of the molecule is Cc1ocnc1C(=O)N1CC[C@H]2[C@H](CCC(=O)N2CCc2cccs2)C1. The first-order chi connectivity index (χ1) is 12.6. The molecular weight excluding hydrogens is 350 g/mol. The quantitative estimate of drug-likeness (QED) is 0.826. The second kappa shape index (κ2) is 7.23. The van der Waals surface area contributed by atoms with Crippen LogP contribution in [0.25, 0.3) is 0 Å². The molecule has 0 spiro atoms. The number of hydrogen-bond donors (Lipinski definition) is 0. The van der Waals surface area contributed by atoms with Gasteiger partial charge in [-0.05, 0) is 43.6 Å². The van der Waals surface area contributed by atoms with Gasteiger partial charge >= 0.3 is 0 Å². The number of oxazole rings is 1. The highest BCUT2D eigenvalue weighted by molar-refractivity contribution is 7.09. The van der Waals surface area contributed by atoms with E-state index in [0.717, 1.165) is 25.8 Å². The van der Waals surface area contributed by atoms with Crippen molar-refractivity contribution in [2.45, 2.75) is 38.6 Å². The molecule has 7 heteroatoms. The molecule has 2 aliphatic rings. The lowest BCUT2D eigenvalue weighted by Gasteiger charge is -2.47. The fraction of sp³-hybridized carbons (Fsp3) is 0.526. The standard InChI is InChI=1S/C19H23N3O3S/c1-13-18(20-12-25-13)19(24)21-8-7-16-14(11-21)4-5-17(23)22(16)9-6-15-3-2-10-26-15/h2-3,10,12,14,16H,4-9,11H2,1H3/t14-,16+/m1/s1. The summed E-state index contributed by atoms with van der Waals surface area (Å²) in [6.45, 7) is 3.89. The maximum Gasteiger partial charge on any atom is 0.276 e. The lowest BCUT2D eigenvalue weighted by atomic mass is 9.83. The molecule has 0 N–H and O–H groups in total. The van der Waals surface area contributed by atoms with Crippen molar-refractivity contribution in [2.75, 3.05) is 19.6 Å². The average Bonchev–Trinajstić information content (AvgIpc) is 3.31. The summed E-state index contributed by atoms with van der Waals surface area (Å²) in [6.07, 6.45) is 4.51. The molecule has 2 amide bonds. The number of hydrogen-bond acceptors (Lipinski definition) is 5. The molecule has 0 unspecified atom stereocenters. The molecule has 4 heterocycles. The van der Waals surface area contributed by atoms with Gasteiger partial charge in [0.05, 0.1) is 0 Å². The van der Waals surface area contributed by atoms with Gasteiger partial charge in [0.2, 0.25) is 5.91 Å².